The second-order valence-electron chi connectivity index (χ2n) is 2.30. The Morgan fingerprint density at radius 2 is 2.38 bits per heavy atom. The lowest BCUT2D eigenvalue weighted by Gasteiger charge is -1.91. The van der Waals surface area contributed by atoms with E-state index < -0.39 is 4.92 Å². The van der Waals surface area contributed by atoms with Crippen LogP contribution >= 0.6 is 11.6 Å². The van der Waals surface area contributed by atoms with Gasteiger partial charge in [0.05, 0.1) is 4.92 Å². The molecule has 0 bridgehead atoms. The topological polar surface area (TPSA) is 73.3 Å². The molecule has 2 heterocycles. The highest BCUT2D eigenvalue weighted by atomic mass is 35.5. The molecule has 0 aliphatic heterocycles. The first-order valence-electron chi connectivity index (χ1n) is 3.34. The minimum Gasteiger partial charge on any atom is -0.258 e. The van der Waals surface area contributed by atoms with Crippen molar-refractivity contribution in [3.63, 3.8) is 0 Å². The highest BCUT2D eigenvalue weighted by molar-refractivity contribution is 6.28. The van der Waals surface area contributed by atoms with Crippen LogP contribution in [0.5, 0.6) is 0 Å². The second-order valence-corrected chi connectivity index (χ2v) is 2.64. The van der Waals surface area contributed by atoms with Crippen LogP contribution in [0.1, 0.15) is 0 Å². The van der Waals surface area contributed by atoms with E-state index in [1.807, 2.05) is 0 Å². The van der Waals surface area contributed by atoms with E-state index >= 15 is 0 Å². The molecule has 0 amide bonds. The molecule has 66 valence electrons. The molecule has 2 rings (SSSR count). The molecule has 0 fully saturated rings. The summed E-state index contributed by atoms with van der Waals surface area (Å²) in [4.78, 5) is 13.7. The maximum atomic E-state index is 10.5. The van der Waals surface area contributed by atoms with Gasteiger partial charge in [0.1, 0.15) is 0 Å². The van der Waals surface area contributed by atoms with E-state index in [9.17, 15) is 10.1 Å². The largest absolute Gasteiger partial charge is 0.313 e. The molecule has 2 aromatic heterocycles. The second kappa shape index (κ2) is 2.67. The van der Waals surface area contributed by atoms with Crippen LogP contribution in [0.4, 0.5) is 5.69 Å². The molecule has 0 aliphatic carbocycles. The molecule has 0 atom stereocenters. The van der Waals surface area contributed by atoms with E-state index in [0.717, 1.165) is 0 Å². The van der Waals surface area contributed by atoms with Crippen LogP contribution in [0.3, 0.4) is 0 Å². The van der Waals surface area contributed by atoms with Crippen molar-refractivity contribution in [1.82, 2.24) is 14.6 Å². The summed E-state index contributed by atoms with van der Waals surface area (Å²) in [5, 5.41) is 14.2. The smallest absolute Gasteiger partial charge is 0.258 e. The molecular weight excluding hydrogens is 196 g/mol. The summed E-state index contributed by atoms with van der Waals surface area (Å²) in [6.07, 6.45) is 1.54. The SMILES string of the molecule is O=[N+]([O-])c1cccn2nc(Cl)nc12. The summed E-state index contributed by atoms with van der Waals surface area (Å²) in [5.74, 6) is 0. The van der Waals surface area contributed by atoms with Crippen molar-refractivity contribution < 1.29 is 4.92 Å². The maximum absolute atomic E-state index is 10.5. The monoisotopic (exact) mass is 198 g/mol. The number of hydrogen-bond donors (Lipinski definition) is 0. The van der Waals surface area contributed by atoms with Gasteiger partial charge in [-0.1, -0.05) is 0 Å². The highest BCUT2D eigenvalue weighted by Gasteiger charge is 2.14. The fourth-order valence-electron chi connectivity index (χ4n) is 1.01. The van der Waals surface area contributed by atoms with Crippen molar-refractivity contribution in [3.05, 3.63) is 33.7 Å². The third-order valence-corrected chi connectivity index (χ3v) is 1.67. The Morgan fingerprint density at radius 3 is 3.08 bits per heavy atom. The van der Waals surface area contributed by atoms with E-state index in [4.69, 9.17) is 11.6 Å². The van der Waals surface area contributed by atoms with Crippen LogP contribution in [0, 0.1) is 10.1 Å². The van der Waals surface area contributed by atoms with Crippen molar-refractivity contribution >= 4 is 22.9 Å². The fourth-order valence-corrected chi connectivity index (χ4v) is 1.17. The Balaban J connectivity index is 2.82. The summed E-state index contributed by atoms with van der Waals surface area (Å²) in [5.41, 5.74) is 0.0411. The van der Waals surface area contributed by atoms with Gasteiger partial charge in [0.15, 0.2) is 0 Å². The number of rotatable bonds is 1. The normalized spacial score (nSPS) is 10.5. The van der Waals surface area contributed by atoms with Gasteiger partial charge in [-0.3, -0.25) is 10.1 Å². The van der Waals surface area contributed by atoms with Gasteiger partial charge in [0, 0.05) is 12.3 Å². The quantitative estimate of drug-likeness (QED) is 0.511. The predicted octanol–water partition coefficient (Wildman–Crippen LogP) is 1.29. The van der Waals surface area contributed by atoms with Crippen LogP contribution in [-0.2, 0) is 0 Å². The van der Waals surface area contributed by atoms with Gasteiger partial charge in [0.25, 0.3) is 0 Å². The first-order valence-corrected chi connectivity index (χ1v) is 3.71. The first kappa shape index (κ1) is 7.93. The fraction of sp³-hybridized carbons (Fsp3) is 0. The van der Waals surface area contributed by atoms with Gasteiger partial charge >= 0.3 is 5.69 Å². The lowest BCUT2D eigenvalue weighted by atomic mass is 10.4. The Bertz CT molecular complexity index is 480. The average Bonchev–Trinajstić information content (AvgIpc) is 2.43. The zero-order valence-electron chi connectivity index (χ0n) is 6.22. The Labute approximate surface area is 76.9 Å². The number of hydrogen-bond acceptors (Lipinski definition) is 4. The maximum Gasteiger partial charge on any atom is 0.313 e. The molecule has 0 radical (unpaired) electrons. The van der Waals surface area contributed by atoms with Crippen LogP contribution in [0.15, 0.2) is 18.3 Å². The molecule has 7 heteroatoms. The summed E-state index contributed by atoms with van der Waals surface area (Å²) < 4.78 is 1.26. The van der Waals surface area contributed by atoms with Crippen molar-refractivity contribution in [3.8, 4) is 0 Å². The molecule has 0 spiro atoms. The van der Waals surface area contributed by atoms with E-state index in [1.54, 1.807) is 6.20 Å². The summed E-state index contributed by atoms with van der Waals surface area (Å²) >= 11 is 5.49. The van der Waals surface area contributed by atoms with E-state index in [-0.39, 0.29) is 16.6 Å². The molecule has 0 aromatic carbocycles. The number of nitro groups is 1. The lowest BCUT2D eigenvalue weighted by molar-refractivity contribution is -0.383. The third-order valence-electron chi connectivity index (χ3n) is 1.51. The Hall–Kier alpha value is -1.69. The minimum atomic E-state index is -0.527. The van der Waals surface area contributed by atoms with Gasteiger partial charge < -0.3 is 0 Å². The average molecular weight is 199 g/mol. The predicted molar refractivity (Wildman–Crippen MR) is 44.7 cm³/mol. The van der Waals surface area contributed by atoms with Crippen LogP contribution in [0.25, 0.3) is 5.65 Å². The van der Waals surface area contributed by atoms with Crippen LogP contribution in [0.2, 0.25) is 5.28 Å². The molecule has 0 N–H and O–H groups in total. The minimum absolute atomic E-state index is 0.00528. The van der Waals surface area contributed by atoms with Gasteiger partial charge in [-0.25, -0.2) is 4.52 Å². The van der Waals surface area contributed by atoms with Crippen molar-refractivity contribution in [2.45, 2.75) is 0 Å². The Morgan fingerprint density at radius 1 is 1.62 bits per heavy atom. The van der Waals surface area contributed by atoms with E-state index in [1.165, 1.54) is 16.6 Å². The molecule has 13 heavy (non-hydrogen) atoms. The summed E-state index contributed by atoms with van der Waals surface area (Å²) in [7, 11) is 0. The molecule has 0 unspecified atom stereocenters. The van der Waals surface area contributed by atoms with E-state index in [0.29, 0.717) is 0 Å². The summed E-state index contributed by atoms with van der Waals surface area (Å²) in [6.45, 7) is 0. The number of nitrogens with zero attached hydrogens (tertiary/aromatic N) is 4. The molecule has 0 saturated heterocycles. The van der Waals surface area contributed by atoms with Crippen LogP contribution in [-0.4, -0.2) is 19.5 Å². The number of aromatic nitrogens is 3. The molecule has 6 nitrogen and oxygen atoms in total. The molecule has 0 saturated carbocycles. The zero-order chi connectivity index (χ0) is 9.42. The number of pyridine rings is 1. The molecular formula is C6H3ClN4O2. The number of halogens is 1. The summed E-state index contributed by atoms with van der Waals surface area (Å²) in [6, 6.07) is 2.86. The van der Waals surface area contributed by atoms with Gasteiger partial charge in [-0.05, 0) is 17.7 Å². The zero-order valence-corrected chi connectivity index (χ0v) is 6.97. The molecule has 2 aromatic rings. The lowest BCUT2D eigenvalue weighted by Crippen LogP contribution is -1.93. The van der Waals surface area contributed by atoms with E-state index in [2.05, 4.69) is 10.1 Å². The van der Waals surface area contributed by atoms with Crippen molar-refractivity contribution in [2.75, 3.05) is 0 Å². The first-order chi connectivity index (χ1) is 6.18. The van der Waals surface area contributed by atoms with Crippen LogP contribution < -0.4 is 0 Å². The highest BCUT2D eigenvalue weighted by Crippen LogP contribution is 2.17. The number of fused-ring (bicyclic) bond motifs is 1. The standard InChI is InChI=1S/C6H3ClN4O2/c7-6-8-5-4(11(12)13)2-1-3-10(5)9-6/h1-3H. The van der Waals surface area contributed by atoms with Gasteiger partial charge in [-0.2, -0.15) is 4.98 Å². The third kappa shape index (κ3) is 1.20. The molecule has 0 aliphatic rings. The van der Waals surface area contributed by atoms with Crippen molar-refractivity contribution in [1.29, 1.82) is 0 Å². The Kier molecular flexibility index (Phi) is 1.63. The van der Waals surface area contributed by atoms with Gasteiger partial charge in [-0.15, -0.1) is 5.10 Å². The van der Waals surface area contributed by atoms with Gasteiger partial charge in [0.2, 0.25) is 10.9 Å². The van der Waals surface area contributed by atoms with Crippen molar-refractivity contribution in [2.24, 2.45) is 0 Å².